The normalized spacial score (nSPS) is 12.3. The Morgan fingerprint density at radius 1 is 1.29 bits per heavy atom. The van der Waals surface area contributed by atoms with Crippen LogP contribution in [0.2, 0.25) is 5.02 Å². The number of carbonyl (C=O) groups is 1. The van der Waals surface area contributed by atoms with E-state index in [1.54, 1.807) is 46.6 Å². The van der Waals surface area contributed by atoms with Crippen LogP contribution in [0.25, 0.3) is 16.4 Å². The molecule has 0 saturated carbocycles. The number of nitrogens with zero attached hydrogens (tertiary/aromatic N) is 7. The number of amides is 1. The first-order chi connectivity index (χ1) is 16.4. The molecular formula is C22H20ClN9O2. The number of hydrogen-bond donors (Lipinski definition) is 2. The summed E-state index contributed by atoms with van der Waals surface area (Å²) >= 11 is 6.35. The lowest BCUT2D eigenvalue weighted by molar-refractivity contribution is 0.0939. The van der Waals surface area contributed by atoms with Crippen LogP contribution >= 0.6 is 11.6 Å². The van der Waals surface area contributed by atoms with Gasteiger partial charge in [-0.3, -0.25) is 9.59 Å². The number of H-pyrrole nitrogens is 1. The Hall–Kier alpha value is -4.12. The van der Waals surface area contributed by atoms with E-state index < -0.39 is 6.04 Å². The Bertz CT molecular complexity index is 1570. The molecular weight excluding hydrogens is 458 g/mol. The summed E-state index contributed by atoms with van der Waals surface area (Å²) in [6, 6.07) is 8.39. The number of hydrogen-bond acceptors (Lipinski definition) is 7. The topological polar surface area (TPSA) is 136 Å². The smallest absolute Gasteiger partial charge is 0.260 e. The summed E-state index contributed by atoms with van der Waals surface area (Å²) in [5.74, 6) is 0.143. The van der Waals surface area contributed by atoms with E-state index in [2.05, 4.69) is 36.0 Å². The van der Waals surface area contributed by atoms with E-state index in [0.29, 0.717) is 50.6 Å². The van der Waals surface area contributed by atoms with E-state index in [9.17, 15) is 9.59 Å². The minimum absolute atomic E-state index is 0.253. The van der Waals surface area contributed by atoms with Crippen LogP contribution in [0.1, 0.15) is 40.5 Å². The second kappa shape index (κ2) is 8.67. The molecule has 12 heteroatoms. The van der Waals surface area contributed by atoms with Crippen molar-refractivity contribution in [1.29, 1.82) is 0 Å². The van der Waals surface area contributed by atoms with E-state index in [0.717, 1.165) is 0 Å². The minimum atomic E-state index is -0.507. The van der Waals surface area contributed by atoms with Gasteiger partial charge in [0.2, 0.25) is 0 Å². The summed E-state index contributed by atoms with van der Waals surface area (Å²) in [4.78, 5) is 31.0. The SMILES string of the molecule is Cc1nn2cccnc2c1C(=O)N[C@@H](C)c1cc2cccc(Cl)c2c(=O)n1CCc1nn[nH]n1. The maximum absolute atomic E-state index is 13.5. The Labute approximate surface area is 197 Å². The van der Waals surface area contributed by atoms with Crippen LogP contribution in [0, 0.1) is 6.92 Å². The summed E-state index contributed by atoms with van der Waals surface area (Å²) < 4.78 is 3.16. The van der Waals surface area contributed by atoms with Crippen molar-refractivity contribution in [2.45, 2.75) is 32.9 Å². The van der Waals surface area contributed by atoms with E-state index >= 15 is 0 Å². The molecule has 1 atom stereocenters. The number of fused-ring (bicyclic) bond motifs is 2. The van der Waals surface area contributed by atoms with Crippen molar-refractivity contribution >= 4 is 33.9 Å². The van der Waals surface area contributed by atoms with Gasteiger partial charge in [-0.05, 0) is 37.4 Å². The maximum atomic E-state index is 13.5. The molecule has 5 aromatic rings. The third-order valence-corrected chi connectivity index (χ3v) is 5.97. The van der Waals surface area contributed by atoms with Gasteiger partial charge in [-0.15, -0.1) is 10.2 Å². The molecule has 0 spiro atoms. The number of halogens is 1. The third-order valence-electron chi connectivity index (χ3n) is 5.66. The average molecular weight is 478 g/mol. The van der Waals surface area contributed by atoms with Gasteiger partial charge in [-0.1, -0.05) is 28.9 Å². The van der Waals surface area contributed by atoms with Crippen molar-refractivity contribution < 1.29 is 4.79 Å². The maximum Gasteiger partial charge on any atom is 0.260 e. The standard InChI is InChI=1S/C22H20ClN9O2/c1-12(25-21(33)18-13(2)28-32-9-4-8-24-20(18)32)16-11-14-5-3-6-15(23)19(14)22(34)31(16)10-7-17-26-29-30-27-17/h3-6,8-9,11-12H,7,10H2,1-2H3,(H,25,33)(H,26,27,29,30)/t12-/m0/s1. The van der Waals surface area contributed by atoms with E-state index in [1.165, 1.54) is 0 Å². The van der Waals surface area contributed by atoms with Gasteiger partial charge in [0.25, 0.3) is 11.5 Å². The molecule has 2 N–H and O–H groups in total. The molecule has 0 aliphatic heterocycles. The first kappa shape index (κ1) is 21.7. The van der Waals surface area contributed by atoms with Crippen LogP contribution in [0.3, 0.4) is 0 Å². The number of aromatic amines is 1. The molecule has 0 aliphatic rings. The van der Waals surface area contributed by atoms with Gasteiger partial charge >= 0.3 is 0 Å². The number of aromatic nitrogens is 8. The molecule has 0 radical (unpaired) electrons. The lowest BCUT2D eigenvalue weighted by atomic mass is 10.1. The van der Waals surface area contributed by atoms with E-state index in [-0.39, 0.29) is 18.0 Å². The highest BCUT2D eigenvalue weighted by molar-refractivity contribution is 6.35. The fourth-order valence-electron chi connectivity index (χ4n) is 4.07. The van der Waals surface area contributed by atoms with Gasteiger partial charge in [0.15, 0.2) is 11.5 Å². The fraction of sp³-hybridized carbons (Fsp3) is 0.227. The minimum Gasteiger partial charge on any atom is -0.344 e. The molecule has 0 fully saturated rings. The number of nitrogens with one attached hydrogen (secondary N) is 2. The van der Waals surface area contributed by atoms with Crippen LogP contribution in [0.4, 0.5) is 0 Å². The van der Waals surface area contributed by atoms with Gasteiger partial charge < -0.3 is 9.88 Å². The summed E-state index contributed by atoms with van der Waals surface area (Å²) in [6.45, 7) is 3.86. The van der Waals surface area contributed by atoms with E-state index in [1.807, 2.05) is 19.1 Å². The van der Waals surface area contributed by atoms with Crippen molar-refractivity contribution in [3.05, 3.63) is 80.9 Å². The molecule has 0 saturated heterocycles. The first-order valence-corrected chi connectivity index (χ1v) is 11.0. The summed E-state index contributed by atoms with van der Waals surface area (Å²) in [5.41, 5.74) is 1.78. The molecule has 1 amide bonds. The molecule has 11 nitrogen and oxygen atoms in total. The van der Waals surface area contributed by atoms with Crippen LogP contribution in [-0.2, 0) is 13.0 Å². The summed E-state index contributed by atoms with van der Waals surface area (Å²) in [7, 11) is 0. The van der Waals surface area contributed by atoms with Gasteiger partial charge in [-0.25, -0.2) is 9.50 Å². The van der Waals surface area contributed by atoms with Gasteiger partial charge in [-0.2, -0.15) is 10.3 Å². The predicted octanol–water partition coefficient (Wildman–Crippen LogP) is 2.25. The van der Waals surface area contributed by atoms with Crippen LogP contribution in [-0.4, -0.2) is 45.7 Å². The molecule has 0 unspecified atom stereocenters. The van der Waals surface area contributed by atoms with Crippen molar-refractivity contribution in [2.24, 2.45) is 0 Å². The highest BCUT2D eigenvalue weighted by Gasteiger charge is 2.23. The molecule has 1 aromatic carbocycles. The van der Waals surface area contributed by atoms with Crippen LogP contribution in [0.15, 0.2) is 47.5 Å². The Balaban J connectivity index is 1.54. The highest BCUT2D eigenvalue weighted by Crippen LogP contribution is 2.24. The lowest BCUT2D eigenvalue weighted by Crippen LogP contribution is -2.33. The Kier molecular flexibility index (Phi) is 5.54. The predicted molar refractivity (Wildman–Crippen MR) is 125 cm³/mol. The molecule has 4 aromatic heterocycles. The highest BCUT2D eigenvalue weighted by atomic mass is 35.5. The Morgan fingerprint density at radius 3 is 2.94 bits per heavy atom. The van der Waals surface area contributed by atoms with Crippen LogP contribution < -0.4 is 10.9 Å². The number of carbonyl (C=O) groups excluding carboxylic acids is 1. The molecule has 0 aliphatic carbocycles. The number of tetrazole rings is 1. The second-order valence-corrected chi connectivity index (χ2v) is 8.26. The van der Waals surface area contributed by atoms with Crippen molar-refractivity contribution in [3.63, 3.8) is 0 Å². The number of benzene rings is 1. The number of pyridine rings is 1. The van der Waals surface area contributed by atoms with Crippen LogP contribution in [0.5, 0.6) is 0 Å². The number of rotatable bonds is 6. The number of aryl methyl sites for hydroxylation is 2. The monoisotopic (exact) mass is 477 g/mol. The molecule has 0 bridgehead atoms. The van der Waals surface area contributed by atoms with Gasteiger partial charge in [0.1, 0.15) is 5.56 Å². The molecule has 5 rings (SSSR count). The van der Waals surface area contributed by atoms with Gasteiger partial charge in [0.05, 0.1) is 22.1 Å². The van der Waals surface area contributed by atoms with Crippen molar-refractivity contribution in [1.82, 2.24) is 45.1 Å². The average Bonchev–Trinajstić information content (AvgIpc) is 3.44. The summed E-state index contributed by atoms with van der Waals surface area (Å²) in [6.07, 6.45) is 3.72. The Morgan fingerprint density at radius 2 is 2.15 bits per heavy atom. The zero-order chi connectivity index (χ0) is 23.8. The lowest BCUT2D eigenvalue weighted by Gasteiger charge is -2.21. The summed E-state index contributed by atoms with van der Waals surface area (Å²) in [5, 5.41) is 22.7. The first-order valence-electron chi connectivity index (χ1n) is 10.6. The van der Waals surface area contributed by atoms with Crippen molar-refractivity contribution in [2.75, 3.05) is 0 Å². The molecule has 34 heavy (non-hydrogen) atoms. The zero-order valence-corrected chi connectivity index (χ0v) is 19.1. The second-order valence-electron chi connectivity index (χ2n) is 7.85. The zero-order valence-electron chi connectivity index (χ0n) is 18.4. The molecule has 4 heterocycles. The molecule has 172 valence electrons. The third kappa shape index (κ3) is 3.79. The quantitative estimate of drug-likeness (QED) is 0.382. The van der Waals surface area contributed by atoms with Gasteiger partial charge in [0, 0.05) is 31.1 Å². The van der Waals surface area contributed by atoms with Crippen molar-refractivity contribution in [3.8, 4) is 0 Å². The van der Waals surface area contributed by atoms with E-state index in [4.69, 9.17) is 11.6 Å². The largest absolute Gasteiger partial charge is 0.344 e. The fourth-order valence-corrected chi connectivity index (χ4v) is 4.33.